The van der Waals surface area contributed by atoms with Gasteiger partial charge in [-0.05, 0) is 48.5 Å². The van der Waals surface area contributed by atoms with E-state index in [1.807, 2.05) is 30.3 Å². The van der Waals surface area contributed by atoms with E-state index >= 15 is 0 Å². The van der Waals surface area contributed by atoms with Crippen LogP contribution in [0, 0.1) is 0 Å². The Hall–Kier alpha value is -1.85. The molecule has 0 aliphatic heterocycles. The van der Waals surface area contributed by atoms with Gasteiger partial charge in [0.25, 0.3) is 0 Å². The number of benzene rings is 2. The fraction of sp³-hybridized carbons (Fsp3) is 0.263. The quantitative estimate of drug-likeness (QED) is 0.574. The lowest BCUT2D eigenvalue weighted by Gasteiger charge is -2.28. The van der Waals surface area contributed by atoms with Crippen LogP contribution in [-0.2, 0) is 10.6 Å². The first kappa shape index (κ1) is 18.5. The van der Waals surface area contributed by atoms with Crippen molar-refractivity contribution >= 4 is 13.9 Å². The molecular weight excluding hydrogens is 329 g/mol. The molecule has 1 nitrogen and oxygen atoms in total. The lowest BCUT2D eigenvalue weighted by Crippen LogP contribution is -2.28. The van der Waals surface area contributed by atoms with E-state index in [1.165, 1.54) is 12.1 Å². The van der Waals surface area contributed by atoms with Crippen LogP contribution in [0.1, 0.15) is 22.8 Å². The zero-order chi connectivity index (χ0) is 18.0. The highest BCUT2D eigenvalue weighted by Crippen LogP contribution is 2.36. The Bertz CT molecular complexity index is 685. The Morgan fingerprint density at radius 3 is 1.96 bits per heavy atom. The van der Waals surface area contributed by atoms with Crippen LogP contribution in [0.25, 0.3) is 5.57 Å². The van der Waals surface area contributed by atoms with E-state index in [9.17, 15) is 13.2 Å². The summed E-state index contributed by atoms with van der Waals surface area (Å²) in [6, 6.07) is 14.7. The van der Waals surface area contributed by atoms with Crippen LogP contribution >= 0.6 is 0 Å². The van der Waals surface area contributed by atoms with Gasteiger partial charge in [-0.1, -0.05) is 49.0 Å². The Morgan fingerprint density at radius 1 is 0.958 bits per heavy atom. The molecule has 1 unspecified atom stereocenters. The summed E-state index contributed by atoms with van der Waals surface area (Å²) in [5.74, 6) is 0. The molecular formula is C19H21F3OSi. The number of alkyl halides is 3. The third kappa shape index (κ3) is 4.82. The fourth-order valence-corrected chi connectivity index (χ4v) is 3.33. The topological polar surface area (TPSA) is 9.23 Å². The second-order valence-corrected chi connectivity index (χ2v) is 11.1. The van der Waals surface area contributed by atoms with Gasteiger partial charge in [0.05, 0.1) is 11.7 Å². The van der Waals surface area contributed by atoms with Gasteiger partial charge < -0.3 is 4.43 Å². The maximum Gasteiger partial charge on any atom is 0.416 e. The summed E-state index contributed by atoms with van der Waals surface area (Å²) in [6.07, 6.45) is -4.71. The first-order valence-electron chi connectivity index (χ1n) is 7.67. The van der Waals surface area contributed by atoms with E-state index in [0.717, 1.165) is 17.7 Å². The van der Waals surface area contributed by atoms with Crippen molar-refractivity contribution in [1.29, 1.82) is 0 Å². The summed E-state index contributed by atoms with van der Waals surface area (Å²) in [4.78, 5) is 0. The molecule has 0 spiro atoms. The Kier molecular flexibility index (Phi) is 5.35. The number of rotatable bonds is 5. The van der Waals surface area contributed by atoms with E-state index in [2.05, 4.69) is 26.2 Å². The molecule has 2 aromatic rings. The van der Waals surface area contributed by atoms with Gasteiger partial charge in [-0.25, -0.2) is 0 Å². The molecule has 1 atom stereocenters. The van der Waals surface area contributed by atoms with E-state index in [4.69, 9.17) is 4.43 Å². The molecule has 0 aromatic heterocycles. The van der Waals surface area contributed by atoms with Gasteiger partial charge in [0.2, 0.25) is 0 Å². The SMILES string of the molecule is C=C(c1ccc(C(F)(F)F)cc1)C(O[Si](C)(C)C)c1ccccc1. The molecule has 0 aliphatic rings. The highest BCUT2D eigenvalue weighted by Gasteiger charge is 2.30. The van der Waals surface area contributed by atoms with Crippen LogP contribution in [0.3, 0.4) is 0 Å². The number of halogens is 3. The first-order valence-corrected chi connectivity index (χ1v) is 11.1. The van der Waals surface area contributed by atoms with Gasteiger partial charge in [-0.15, -0.1) is 0 Å². The zero-order valence-electron chi connectivity index (χ0n) is 14.0. The minimum Gasteiger partial charge on any atom is -0.407 e. The molecule has 0 N–H and O–H groups in total. The molecule has 0 radical (unpaired) electrons. The summed E-state index contributed by atoms with van der Waals surface area (Å²) < 4.78 is 44.4. The molecule has 24 heavy (non-hydrogen) atoms. The van der Waals surface area contributed by atoms with Crippen molar-refractivity contribution in [3.8, 4) is 0 Å². The van der Waals surface area contributed by atoms with Crippen molar-refractivity contribution in [2.24, 2.45) is 0 Å². The second-order valence-electron chi connectivity index (χ2n) is 6.62. The minimum atomic E-state index is -4.34. The monoisotopic (exact) mass is 350 g/mol. The lowest BCUT2D eigenvalue weighted by molar-refractivity contribution is -0.137. The van der Waals surface area contributed by atoms with Gasteiger partial charge in [-0.2, -0.15) is 13.2 Å². The number of hydrogen-bond donors (Lipinski definition) is 0. The van der Waals surface area contributed by atoms with E-state index in [0.29, 0.717) is 11.1 Å². The fourth-order valence-electron chi connectivity index (χ4n) is 2.35. The zero-order valence-corrected chi connectivity index (χ0v) is 15.0. The van der Waals surface area contributed by atoms with E-state index in [-0.39, 0.29) is 6.10 Å². The van der Waals surface area contributed by atoms with Gasteiger partial charge in [0, 0.05) is 0 Å². The van der Waals surface area contributed by atoms with E-state index < -0.39 is 20.1 Å². The smallest absolute Gasteiger partial charge is 0.407 e. The lowest BCUT2D eigenvalue weighted by atomic mass is 9.96. The van der Waals surface area contributed by atoms with Gasteiger partial charge in [0.1, 0.15) is 0 Å². The molecule has 0 heterocycles. The Labute approximate surface area is 141 Å². The summed E-state index contributed by atoms with van der Waals surface area (Å²) in [6.45, 7) is 10.3. The van der Waals surface area contributed by atoms with Gasteiger partial charge >= 0.3 is 6.18 Å². The first-order chi connectivity index (χ1) is 11.1. The Morgan fingerprint density at radius 2 is 1.50 bits per heavy atom. The van der Waals surface area contributed by atoms with Crippen LogP contribution < -0.4 is 0 Å². The van der Waals surface area contributed by atoms with Crippen molar-refractivity contribution in [3.05, 3.63) is 77.9 Å². The largest absolute Gasteiger partial charge is 0.416 e. The van der Waals surface area contributed by atoms with E-state index in [1.54, 1.807) is 0 Å². The van der Waals surface area contributed by atoms with Crippen molar-refractivity contribution in [1.82, 2.24) is 0 Å². The van der Waals surface area contributed by atoms with Crippen molar-refractivity contribution in [2.75, 3.05) is 0 Å². The molecule has 0 saturated carbocycles. The Balaban J connectivity index is 2.34. The highest BCUT2D eigenvalue weighted by molar-refractivity contribution is 6.69. The van der Waals surface area contributed by atoms with Crippen molar-refractivity contribution < 1.29 is 17.6 Å². The maximum absolute atomic E-state index is 12.7. The van der Waals surface area contributed by atoms with Crippen LogP contribution in [0.5, 0.6) is 0 Å². The molecule has 128 valence electrons. The van der Waals surface area contributed by atoms with Gasteiger partial charge in [0.15, 0.2) is 8.32 Å². The van der Waals surface area contributed by atoms with Crippen LogP contribution in [-0.4, -0.2) is 8.32 Å². The molecule has 5 heteroatoms. The number of hydrogen-bond acceptors (Lipinski definition) is 1. The highest BCUT2D eigenvalue weighted by atomic mass is 28.4. The van der Waals surface area contributed by atoms with Crippen molar-refractivity contribution in [3.63, 3.8) is 0 Å². The van der Waals surface area contributed by atoms with Gasteiger partial charge in [-0.3, -0.25) is 0 Å². The average molecular weight is 350 g/mol. The molecule has 0 saturated heterocycles. The third-order valence-corrected chi connectivity index (χ3v) is 4.42. The average Bonchev–Trinajstić information content (AvgIpc) is 2.51. The normalized spacial score (nSPS) is 13.6. The van der Waals surface area contributed by atoms with Crippen molar-refractivity contribution in [2.45, 2.75) is 31.9 Å². The summed E-state index contributed by atoms with van der Waals surface area (Å²) >= 11 is 0. The third-order valence-electron chi connectivity index (χ3n) is 3.47. The molecule has 0 aliphatic carbocycles. The second kappa shape index (κ2) is 6.95. The standard InChI is InChI=1S/C19H21F3OSi/c1-14(15-10-12-17(13-11-15)19(20,21)22)18(23-24(2,3)4)16-8-6-5-7-9-16/h5-13,18H,1H2,2-4H3. The summed E-state index contributed by atoms with van der Waals surface area (Å²) in [5.41, 5.74) is 1.60. The molecule has 0 fully saturated rings. The maximum atomic E-state index is 12.7. The molecule has 2 rings (SSSR count). The summed E-state index contributed by atoms with van der Waals surface area (Å²) in [7, 11) is -1.88. The molecule has 0 amide bonds. The molecule has 2 aromatic carbocycles. The predicted octanol–water partition coefficient (Wildman–Crippen LogP) is 6.31. The summed E-state index contributed by atoms with van der Waals surface area (Å²) in [5, 5.41) is 0. The predicted molar refractivity (Wildman–Crippen MR) is 94.1 cm³/mol. The van der Waals surface area contributed by atoms with Crippen LogP contribution in [0.4, 0.5) is 13.2 Å². The van der Waals surface area contributed by atoms with Crippen LogP contribution in [0.15, 0.2) is 61.2 Å². The minimum absolute atomic E-state index is 0.366. The van der Waals surface area contributed by atoms with Crippen LogP contribution in [0.2, 0.25) is 19.6 Å². The molecule has 0 bridgehead atoms.